The highest BCUT2D eigenvalue weighted by Gasteiger charge is 2.16. The van der Waals surface area contributed by atoms with E-state index in [1.165, 1.54) is 41.7 Å². The Morgan fingerprint density at radius 1 is 1.27 bits per heavy atom. The van der Waals surface area contributed by atoms with E-state index in [0.29, 0.717) is 11.4 Å². The number of hydrogen-bond donors (Lipinski definition) is 1. The average molecular weight is 371 g/mol. The molecule has 6 nitrogen and oxygen atoms in total. The molecule has 0 saturated heterocycles. The van der Waals surface area contributed by atoms with Crippen LogP contribution in [0.5, 0.6) is 0 Å². The first kappa shape index (κ1) is 17.7. The minimum absolute atomic E-state index is 0.0703. The SMILES string of the molecule is Cc1nc(-c2ccc(F)cc2)c(CC(=O)Nc2cccc([N+](=O)[O-])c2)s1. The Bertz CT molecular complexity index is 970. The van der Waals surface area contributed by atoms with E-state index in [1.807, 2.05) is 6.92 Å². The summed E-state index contributed by atoms with van der Waals surface area (Å²) in [6.45, 7) is 1.83. The summed E-state index contributed by atoms with van der Waals surface area (Å²) in [4.78, 5) is 27.8. The fraction of sp³-hybridized carbons (Fsp3) is 0.111. The number of benzene rings is 2. The molecule has 0 bridgehead atoms. The van der Waals surface area contributed by atoms with Gasteiger partial charge in [0.25, 0.3) is 5.69 Å². The molecule has 0 atom stereocenters. The van der Waals surface area contributed by atoms with Crippen molar-refractivity contribution in [1.29, 1.82) is 0 Å². The molecule has 0 aliphatic carbocycles. The van der Waals surface area contributed by atoms with E-state index in [-0.39, 0.29) is 23.8 Å². The third-order valence-corrected chi connectivity index (χ3v) is 4.55. The highest BCUT2D eigenvalue weighted by atomic mass is 32.1. The summed E-state index contributed by atoms with van der Waals surface area (Å²) in [6.07, 6.45) is 0.0703. The molecule has 132 valence electrons. The average Bonchev–Trinajstić information content (AvgIpc) is 2.95. The first-order valence-electron chi connectivity index (χ1n) is 7.69. The Kier molecular flexibility index (Phi) is 5.04. The van der Waals surface area contributed by atoms with Crippen LogP contribution in [0.4, 0.5) is 15.8 Å². The molecule has 3 aromatic rings. The van der Waals surface area contributed by atoms with Gasteiger partial charge in [0, 0.05) is 28.3 Å². The number of anilines is 1. The zero-order valence-corrected chi connectivity index (χ0v) is 14.5. The number of nitro groups is 1. The van der Waals surface area contributed by atoms with Crippen LogP contribution in [0.1, 0.15) is 9.88 Å². The third kappa shape index (κ3) is 4.09. The van der Waals surface area contributed by atoms with Gasteiger partial charge in [-0.1, -0.05) is 6.07 Å². The van der Waals surface area contributed by atoms with Crippen molar-refractivity contribution >= 4 is 28.6 Å². The van der Waals surface area contributed by atoms with Crippen LogP contribution in [0.15, 0.2) is 48.5 Å². The van der Waals surface area contributed by atoms with Crippen molar-refractivity contribution < 1.29 is 14.1 Å². The van der Waals surface area contributed by atoms with Gasteiger partial charge >= 0.3 is 0 Å². The highest BCUT2D eigenvalue weighted by Crippen LogP contribution is 2.29. The number of aromatic nitrogens is 1. The molecule has 1 amide bonds. The summed E-state index contributed by atoms with van der Waals surface area (Å²) in [5, 5.41) is 14.3. The summed E-state index contributed by atoms with van der Waals surface area (Å²) in [6, 6.07) is 11.7. The summed E-state index contributed by atoms with van der Waals surface area (Å²) < 4.78 is 13.1. The zero-order valence-electron chi connectivity index (χ0n) is 13.7. The molecular weight excluding hydrogens is 357 g/mol. The normalized spacial score (nSPS) is 10.5. The van der Waals surface area contributed by atoms with Crippen LogP contribution in [0.3, 0.4) is 0 Å². The Labute approximate surface area is 152 Å². The van der Waals surface area contributed by atoms with Crippen molar-refractivity contribution in [3.05, 3.63) is 74.3 Å². The molecule has 1 heterocycles. The topological polar surface area (TPSA) is 85.1 Å². The maximum Gasteiger partial charge on any atom is 0.271 e. The van der Waals surface area contributed by atoms with E-state index in [2.05, 4.69) is 10.3 Å². The van der Waals surface area contributed by atoms with Crippen molar-refractivity contribution in [2.75, 3.05) is 5.32 Å². The van der Waals surface area contributed by atoms with Crippen LogP contribution in [0.2, 0.25) is 0 Å². The molecular formula is C18H14FN3O3S. The van der Waals surface area contributed by atoms with Gasteiger partial charge in [0.05, 0.1) is 22.0 Å². The first-order valence-corrected chi connectivity index (χ1v) is 8.50. The van der Waals surface area contributed by atoms with Gasteiger partial charge in [0.1, 0.15) is 5.82 Å². The lowest BCUT2D eigenvalue weighted by Gasteiger charge is -2.06. The molecule has 2 aromatic carbocycles. The Morgan fingerprint density at radius 2 is 2.00 bits per heavy atom. The number of thiazole rings is 1. The Balaban J connectivity index is 1.79. The van der Waals surface area contributed by atoms with Crippen molar-refractivity contribution in [3.8, 4) is 11.3 Å². The van der Waals surface area contributed by atoms with Gasteiger partial charge in [0.15, 0.2) is 0 Å². The lowest BCUT2D eigenvalue weighted by Crippen LogP contribution is -2.14. The predicted molar refractivity (Wildman–Crippen MR) is 97.7 cm³/mol. The van der Waals surface area contributed by atoms with E-state index in [1.54, 1.807) is 18.2 Å². The largest absolute Gasteiger partial charge is 0.326 e. The number of carbonyl (C=O) groups is 1. The summed E-state index contributed by atoms with van der Waals surface area (Å²) >= 11 is 1.39. The van der Waals surface area contributed by atoms with Crippen molar-refractivity contribution in [3.63, 3.8) is 0 Å². The molecule has 0 fully saturated rings. The smallest absolute Gasteiger partial charge is 0.271 e. The van der Waals surface area contributed by atoms with E-state index in [4.69, 9.17) is 0 Å². The highest BCUT2D eigenvalue weighted by molar-refractivity contribution is 7.12. The van der Waals surface area contributed by atoms with Crippen LogP contribution in [0.25, 0.3) is 11.3 Å². The first-order chi connectivity index (χ1) is 12.4. The number of non-ortho nitro benzene ring substituents is 1. The third-order valence-electron chi connectivity index (χ3n) is 3.58. The number of nitrogens with one attached hydrogen (secondary N) is 1. The van der Waals surface area contributed by atoms with E-state index >= 15 is 0 Å². The second-order valence-electron chi connectivity index (χ2n) is 5.54. The molecule has 26 heavy (non-hydrogen) atoms. The standard InChI is InChI=1S/C18H14FN3O3S/c1-11-20-18(12-5-7-13(19)8-6-12)16(26-11)10-17(23)21-14-3-2-4-15(9-14)22(24)25/h2-9H,10H2,1H3,(H,21,23). The van der Waals surface area contributed by atoms with Crippen LogP contribution in [0, 0.1) is 22.9 Å². The number of halogens is 1. The Morgan fingerprint density at radius 3 is 2.69 bits per heavy atom. The van der Waals surface area contributed by atoms with Gasteiger partial charge in [-0.05, 0) is 37.3 Å². The van der Waals surface area contributed by atoms with Crippen LogP contribution in [-0.2, 0) is 11.2 Å². The minimum atomic E-state index is -0.519. The van der Waals surface area contributed by atoms with E-state index < -0.39 is 4.92 Å². The van der Waals surface area contributed by atoms with Gasteiger partial charge in [-0.25, -0.2) is 9.37 Å². The predicted octanol–water partition coefficient (Wildman–Crippen LogP) is 4.35. The van der Waals surface area contributed by atoms with E-state index in [9.17, 15) is 19.3 Å². The lowest BCUT2D eigenvalue weighted by molar-refractivity contribution is -0.384. The van der Waals surface area contributed by atoms with Crippen molar-refractivity contribution in [1.82, 2.24) is 4.98 Å². The number of carbonyl (C=O) groups excluding carboxylic acids is 1. The maximum absolute atomic E-state index is 13.1. The van der Waals surface area contributed by atoms with Gasteiger partial charge < -0.3 is 5.32 Å². The molecule has 0 unspecified atom stereocenters. The van der Waals surface area contributed by atoms with Gasteiger partial charge in [-0.2, -0.15) is 0 Å². The number of rotatable bonds is 5. The van der Waals surface area contributed by atoms with Gasteiger partial charge in [-0.3, -0.25) is 14.9 Å². The molecule has 0 aliphatic heterocycles. The summed E-state index contributed by atoms with van der Waals surface area (Å²) in [5.74, 6) is -0.650. The van der Waals surface area contributed by atoms with Crippen molar-refractivity contribution in [2.24, 2.45) is 0 Å². The number of amides is 1. The van der Waals surface area contributed by atoms with Gasteiger partial charge in [0.2, 0.25) is 5.91 Å². The molecule has 0 radical (unpaired) electrons. The minimum Gasteiger partial charge on any atom is -0.326 e. The maximum atomic E-state index is 13.1. The molecule has 3 rings (SSSR count). The Hall–Kier alpha value is -3.13. The van der Waals surface area contributed by atoms with E-state index in [0.717, 1.165) is 15.4 Å². The molecule has 0 saturated carbocycles. The molecule has 1 N–H and O–H groups in total. The fourth-order valence-electron chi connectivity index (χ4n) is 2.47. The van der Waals surface area contributed by atoms with Crippen molar-refractivity contribution in [2.45, 2.75) is 13.3 Å². The van der Waals surface area contributed by atoms with Crippen LogP contribution in [-0.4, -0.2) is 15.8 Å². The molecule has 1 aromatic heterocycles. The lowest BCUT2D eigenvalue weighted by atomic mass is 10.1. The number of nitrogens with zero attached hydrogens (tertiary/aromatic N) is 2. The quantitative estimate of drug-likeness (QED) is 0.534. The second kappa shape index (κ2) is 7.40. The fourth-order valence-corrected chi connectivity index (χ4v) is 3.43. The molecule has 8 heteroatoms. The van der Waals surface area contributed by atoms with Crippen LogP contribution >= 0.6 is 11.3 Å². The van der Waals surface area contributed by atoms with Crippen LogP contribution < -0.4 is 5.32 Å². The monoisotopic (exact) mass is 371 g/mol. The molecule has 0 aliphatic rings. The number of aryl methyl sites for hydroxylation is 1. The van der Waals surface area contributed by atoms with Gasteiger partial charge in [-0.15, -0.1) is 11.3 Å². The second-order valence-corrected chi connectivity index (χ2v) is 6.83. The zero-order chi connectivity index (χ0) is 18.7. The molecule has 0 spiro atoms. The summed E-state index contributed by atoms with van der Waals surface area (Å²) in [5.41, 5.74) is 1.63. The number of hydrogen-bond acceptors (Lipinski definition) is 5. The number of nitro benzene ring substituents is 1. The summed E-state index contributed by atoms with van der Waals surface area (Å²) in [7, 11) is 0.